The Hall–Kier alpha value is -0.0487. The van der Waals surface area contributed by atoms with Crippen molar-refractivity contribution in [3.8, 4) is 23.0 Å². The summed E-state index contributed by atoms with van der Waals surface area (Å²) in [6.45, 7) is 4.11. The molecule has 5 nitrogen and oxygen atoms in total. The zero-order valence-corrected chi connectivity index (χ0v) is 22.8. The fraction of sp³-hybridized carbons (Fsp3) is 0.421. The number of aromatic nitrogens is 3. The van der Waals surface area contributed by atoms with Crippen LogP contribution in [-0.4, -0.2) is 28.4 Å². The second-order valence-corrected chi connectivity index (χ2v) is 7.83. The van der Waals surface area contributed by atoms with Crippen LogP contribution in [0.4, 0.5) is 0 Å². The number of nitriles is 1. The molecule has 1 saturated heterocycles. The largest absolute Gasteiger partial charge is 1.00 e. The zero-order chi connectivity index (χ0) is 19.4. The van der Waals surface area contributed by atoms with Crippen LogP contribution in [0.3, 0.4) is 0 Å². The van der Waals surface area contributed by atoms with E-state index in [1.54, 1.807) is 17.8 Å². The number of ether oxygens (including phenoxy) is 1. The van der Waals surface area contributed by atoms with E-state index in [-0.39, 0.29) is 77.5 Å². The molecular formula is C19H23BClKN4OS2. The van der Waals surface area contributed by atoms with Crippen LogP contribution < -0.4 is 56.1 Å². The Bertz CT molecular complexity index is 975. The summed E-state index contributed by atoms with van der Waals surface area (Å²) in [7, 11) is 1.64. The first kappa shape index (κ1) is 27.0. The minimum atomic E-state index is 0. The molecule has 1 aliphatic heterocycles. The number of halogens is 1. The molecule has 0 N–H and O–H groups in total. The monoisotopic (exact) mass is 472 g/mol. The maximum atomic E-state index is 9.27. The number of fused-ring (bicyclic) bond motifs is 1. The van der Waals surface area contributed by atoms with Gasteiger partial charge in [0.25, 0.3) is 6.71 Å². The molecule has 4 heterocycles. The van der Waals surface area contributed by atoms with Gasteiger partial charge in [-0.1, -0.05) is 44.5 Å². The third kappa shape index (κ3) is 5.80. The normalized spacial score (nSPS) is 15.4. The molecule has 0 aliphatic carbocycles. The standard InChI is InChI=1S/C17H16BClN4OS.C2H6.K.H2S/c1-24-15-7-14(11-3-2-5-18(8-11)10-20)22-17-13(9-21-23(15)17)12-4-6-25-16(12)19;1-2;;/h4,6-7,9,11H,2-3,5,8H2,1H3;1-2H3;;1H2/q;;+1;/p-1. The first-order chi connectivity index (χ1) is 13.2. The predicted molar refractivity (Wildman–Crippen MR) is 121 cm³/mol. The van der Waals surface area contributed by atoms with E-state index in [4.69, 9.17) is 21.3 Å². The Kier molecular flexibility index (Phi) is 11.8. The average Bonchev–Trinajstić information content (AvgIpc) is 3.34. The average molecular weight is 473 g/mol. The maximum Gasteiger partial charge on any atom is 1.00 e. The van der Waals surface area contributed by atoms with Gasteiger partial charge in [0.1, 0.15) is 4.34 Å². The summed E-state index contributed by atoms with van der Waals surface area (Å²) in [4.78, 5) is 4.89. The van der Waals surface area contributed by atoms with Crippen LogP contribution in [-0.2, 0) is 13.5 Å². The Balaban J connectivity index is 0.00000102. The number of nitrogens with zero attached hydrogens (tertiary/aromatic N) is 4. The van der Waals surface area contributed by atoms with E-state index in [0.29, 0.717) is 5.88 Å². The first-order valence-electron chi connectivity index (χ1n) is 9.27. The minimum Gasteiger partial charge on any atom is -0.813 e. The molecule has 3 aromatic rings. The molecule has 1 unspecified atom stereocenters. The molecule has 4 rings (SSSR count). The van der Waals surface area contributed by atoms with Crippen molar-refractivity contribution < 1.29 is 56.1 Å². The maximum absolute atomic E-state index is 9.27. The van der Waals surface area contributed by atoms with Gasteiger partial charge in [0.05, 0.1) is 19.0 Å². The molecule has 0 bridgehead atoms. The van der Waals surface area contributed by atoms with Crippen LogP contribution in [0.25, 0.3) is 16.8 Å². The van der Waals surface area contributed by atoms with Gasteiger partial charge in [-0.2, -0.15) is 9.61 Å². The topological polar surface area (TPSA) is 63.2 Å². The van der Waals surface area contributed by atoms with Crippen molar-refractivity contribution in [1.29, 1.82) is 5.26 Å². The molecule has 0 spiro atoms. The van der Waals surface area contributed by atoms with Crippen LogP contribution in [0.15, 0.2) is 23.7 Å². The van der Waals surface area contributed by atoms with Crippen LogP contribution in [0, 0.1) is 11.2 Å². The zero-order valence-electron chi connectivity index (χ0n) is 17.2. The van der Waals surface area contributed by atoms with Crippen molar-refractivity contribution in [2.24, 2.45) is 0 Å². The summed E-state index contributed by atoms with van der Waals surface area (Å²) < 4.78 is 7.97. The molecule has 3 aromatic heterocycles. The molecule has 0 saturated carbocycles. The first-order valence-corrected chi connectivity index (χ1v) is 10.5. The third-order valence-electron chi connectivity index (χ3n) is 4.85. The van der Waals surface area contributed by atoms with Gasteiger partial charge in [0.15, 0.2) is 5.65 Å². The second-order valence-electron chi connectivity index (χ2n) is 6.31. The summed E-state index contributed by atoms with van der Waals surface area (Å²) in [5.41, 5.74) is 3.55. The third-order valence-corrected chi connectivity index (χ3v) is 6.02. The second kappa shape index (κ2) is 12.7. The van der Waals surface area contributed by atoms with E-state index in [9.17, 15) is 5.26 Å². The molecule has 1 fully saturated rings. The van der Waals surface area contributed by atoms with E-state index in [1.807, 2.05) is 31.4 Å². The van der Waals surface area contributed by atoms with Crippen molar-refractivity contribution in [2.45, 2.75) is 45.2 Å². The van der Waals surface area contributed by atoms with E-state index in [0.717, 1.165) is 52.3 Å². The molecule has 0 amide bonds. The molecule has 29 heavy (non-hydrogen) atoms. The summed E-state index contributed by atoms with van der Waals surface area (Å²) >= 11 is 7.81. The van der Waals surface area contributed by atoms with Crippen molar-refractivity contribution in [3.05, 3.63) is 33.7 Å². The molecule has 10 heteroatoms. The van der Waals surface area contributed by atoms with Crippen molar-refractivity contribution in [3.63, 3.8) is 0 Å². The number of rotatable bonds is 3. The van der Waals surface area contributed by atoms with E-state index < -0.39 is 0 Å². The Morgan fingerprint density at radius 1 is 1.38 bits per heavy atom. The van der Waals surface area contributed by atoms with E-state index in [1.165, 1.54) is 11.3 Å². The predicted octanol–water partition coefficient (Wildman–Crippen LogP) is 2.31. The van der Waals surface area contributed by atoms with Crippen molar-refractivity contribution >= 4 is 48.8 Å². The number of thiol groups is 1. The molecule has 1 atom stereocenters. The minimum absolute atomic E-state index is 0. The van der Waals surface area contributed by atoms with Gasteiger partial charge in [0.2, 0.25) is 5.88 Å². The fourth-order valence-electron chi connectivity index (χ4n) is 3.56. The quantitative estimate of drug-likeness (QED) is 0.332. The SMILES string of the molecule is CC.COc1cc(C2CCCB(C#N)C2)nc2c(-c3ccsc3Cl)cnn12.[K+].[SH-]. The number of hydrogen-bond acceptors (Lipinski definition) is 6. The fourth-order valence-corrected chi connectivity index (χ4v) is 4.51. The van der Waals surface area contributed by atoms with Gasteiger partial charge in [-0.15, -0.1) is 11.3 Å². The molecular weight excluding hydrogens is 450 g/mol. The number of methoxy groups -OCH3 is 1. The van der Waals surface area contributed by atoms with Crippen LogP contribution >= 0.6 is 22.9 Å². The molecule has 148 valence electrons. The summed E-state index contributed by atoms with van der Waals surface area (Å²) in [6.07, 6.45) is 5.72. The molecule has 0 radical (unpaired) electrons. The smallest absolute Gasteiger partial charge is 0.813 e. The van der Waals surface area contributed by atoms with E-state index >= 15 is 0 Å². The summed E-state index contributed by atoms with van der Waals surface area (Å²) in [5, 5.41) is 15.7. The summed E-state index contributed by atoms with van der Waals surface area (Å²) in [5.74, 6) is 3.34. The van der Waals surface area contributed by atoms with Crippen LogP contribution in [0.5, 0.6) is 5.88 Å². The summed E-state index contributed by atoms with van der Waals surface area (Å²) in [6, 6.07) is 3.93. The van der Waals surface area contributed by atoms with Gasteiger partial charge in [-0.25, -0.2) is 10.2 Å². The molecule has 1 aliphatic rings. The molecule has 0 aromatic carbocycles. The van der Waals surface area contributed by atoms with Gasteiger partial charge >= 0.3 is 51.4 Å². The van der Waals surface area contributed by atoms with Gasteiger partial charge < -0.3 is 18.2 Å². The number of thiophene rings is 1. The van der Waals surface area contributed by atoms with E-state index in [2.05, 4.69) is 11.1 Å². The van der Waals surface area contributed by atoms with Gasteiger partial charge in [-0.05, 0) is 23.8 Å². The Morgan fingerprint density at radius 3 is 2.76 bits per heavy atom. The van der Waals surface area contributed by atoms with Crippen molar-refractivity contribution in [1.82, 2.24) is 14.6 Å². The van der Waals surface area contributed by atoms with Crippen LogP contribution in [0.2, 0.25) is 17.0 Å². The number of hydrogen-bond donors (Lipinski definition) is 0. The Labute approximate surface area is 231 Å². The van der Waals surface area contributed by atoms with Crippen LogP contribution in [0.1, 0.15) is 38.3 Å². The van der Waals surface area contributed by atoms with Gasteiger partial charge in [-0.3, -0.25) is 0 Å². The van der Waals surface area contributed by atoms with Gasteiger partial charge in [0, 0.05) is 23.2 Å². The van der Waals surface area contributed by atoms with Crippen molar-refractivity contribution in [2.75, 3.05) is 7.11 Å². The Morgan fingerprint density at radius 2 is 2.14 bits per heavy atom.